The van der Waals surface area contributed by atoms with E-state index in [1.807, 2.05) is 18.5 Å². The van der Waals surface area contributed by atoms with Crippen LogP contribution < -0.4 is 10.6 Å². The molecule has 2 N–H and O–H groups in total. The maximum Gasteiger partial charge on any atom is 0.315 e. The van der Waals surface area contributed by atoms with Crippen molar-refractivity contribution in [2.24, 2.45) is 7.05 Å². The molecule has 106 valence electrons. The third-order valence-electron chi connectivity index (χ3n) is 3.67. The first-order valence-electron chi connectivity index (χ1n) is 7.07. The Balaban J connectivity index is 1.82. The first-order valence-corrected chi connectivity index (χ1v) is 7.07. The van der Waals surface area contributed by atoms with E-state index in [-0.39, 0.29) is 12.1 Å². The summed E-state index contributed by atoms with van der Waals surface area (Å²) in [7, 11) is 1.87. The fourth-order valence-electron chi connectivity index (χ4n) is 2.60. The van der Waals surface area contributed by atoms with Gasteiger partial charge in [0.1, 0.15) is 6.33 Å². The second-order valence-corrected chi connectivity index (χ2v) is 5.33. The van der Waals surface area contributed by atoms with Gasteiger partial charge in [0.05, 0.1) is 6.04 Å². The summed E-state index contributed by atoms with van der Waals surface area (Å²) < 4.78 is 1.82. The number of hydrogen-bond donors (Lipinski definition) is 2. The summed E-state index contributed by atoms with van der Waals surface area (Å²) in [5.41, 5.74) is 0. The van der Waals surface area contributed by atoms with Gasteiger partial charge in [-0.15, -0.1) is 10.2 Å². The predicted molar refractivity (Wildman–Crippen MR) is 72.6 cm³/mol. The molecule has 0 spiro atoms. The van der Waals surface area contributed by atoms with E-state index >= 15 is 0 Å². The summed E-state index contributed by atoms with van der Waals surface area (Å²) >= 11 is 0. The quantitative estimate of drug-likeness (QED) is 0.820. The Morgan fingerprint density at radius 3 is 2.63 bits per heavy atom. The number of nitrogens with zero attached hydrogens (tertiary/aromatic N) is 3. The number of aryl methyl sites for hydroxylation is 1. The third kappa shape index (κ3) is 3.94. The SMILES string of the molecule is C[C@H](NC(=O)NC1CCCCCC1)c1nncn1C. The molecule has 0 saturated heterocycles. The molecule has 0 aromatic carbocycles. The molecule has 6 nitrogen and oxygen atoms in total. The van der Waals surface area contributed by atoms with Crippen LogP contribution in [0, 0.1) is 0 Å². The lowest BCUT2D eigenvalue weighted by atomic mass is 10.1. The van der Waals surface area contributed by atoms with E-state index in [4.69, 9.17) is 0 Å². The van der Waals surface area contributed by atoms with Crippen molar-refractivity contribution in [1.82, 2.24) is 25.4 Å². The molecule has 1 aliphatic rings. The highest BCUT2D eigenvalue weighted by Crippen LogP contribution is 2.17. The van der Waals surface area contributed by atoms with E-state index in [9.17, 15) is 4.79 Å². The molecule has 2 amide bonds. The Bertz CT molecular complexity index is 409. The van der Waals surface area contributed by atoms with Gasteiger partial charge in [0.25, 0.3) is 0 Å². The van der Waals surface area contributed by atoms with Crippen molar-refractivity contribution in [3.05, 3.63) is 12.2 Å². The van der Waals surface area contributed by atoms with Crippen LogP contribution in [-0.4, -0.2) is 26.8 Å². The Morgan fingerprint density at radius 2 is 2.05 bits per heavy atom. The molecule has 0 radical (unpaired) electrons. The number of rotatable bonds is 3. The van der Waals surface area contributed by atoms with Gasteiger partial charge in [0, 0.05) is 13.1 Å². The summed E-state index contributed by atoms with van der Waals surface area (Å²) in [6.45, 7) is 1.91. The fourth-order valence-corrected chi connectivity index (χ4v) is 2.60. The number of amides is 2. The van der Waals surface area contributed by atoms with Gasteiger partial charge < -0.3 is 15.2 Å². The van der Waals surface area contributed by atoms with Crippen LogP contribution in [0.1, 0.15) is 57.3 Å². The molecule has 1 aromatic heterocycles. The maximum atomic E-state index is 12.0. The standard InChI is InChI=1S/C13H23N5O/c1-10(12-17-14-9-18(12)2)15-13(19)16-11-7-5-3-4-6-8-11/h9-11H,3-8H2,1-2H3,(H2,15,16,19)/t10-/m0/s1. The summed E-state index contributed by atoms with van der Waals surface area (Å²) in [6, 6.07) is 0.0647. The van der Waals surface area contributed by atoms with Gasteiger partial charge in [-0.25, -0.2) is 4.79 Å². The molecule has 6 heteroatoms. The van der Waals surface area contributed by atoms with Crippen LogP contribution in [0.5, 0.6) is 0 Å². The lowest BCUT2D eigenvalue weighted by Crippen LogP contribution is -2.43. The molecule has 1 atom stereocenters. The van der Waals surface area contributed by atoms with E-state index in [2.05, 4.69) is 20.8 Å². The van der Waals surface area contributed by atoms with Crippen molar-refractivity contribution in [2.45, 2.75) is 57.5 Å². The summed E-state index contributed by atoms with van der Waals surface area (Å²) in [6.07, 6.45) is 8.81. The van der Waals surface area contributed by atoms with Gasteiger partial charge in [0.2, 0.25) is 0 Å². The molecule has 1 saturated carbocycles. The van der Waals surface area contributed by atoms with Crippen molar-refractivity contribution < 1.29 is 4.79 Å². The summed E-state index contributed by atoms with van der Waals surface area (Å²) in [4.78, 5) is 12.0. The van der Waals surface area contributed by atoms with Crippen LogP contribution in [0.3, 0.4) is 0 Å². The molecule has 0 aliphatic heterocycles. The normalized spacial score (nSPS) is 18.6. The van der Waals surface area contributed by atoms with E-state index in [0.717, 1.165) is 18.7 Å². The van der Waals surface area contributed by atoms with Gasteiger partial charge in [0.15, 0.2) is 5.82 Å². The van der Waals surface area contributed by atoms with Crippen molar-refractivity contribution >= 4 is 6.03 Å². The van der Waals surface area contributed by atoms with Gasteiger partial charge in [-0.05, 0) is 19.8 Å². The van der Waals surface area contributed by atoms with Crippen LogP contribution in [0.25, 0.3) is 0 Å². The number of urea groups is 1. The van der Waals surface area contributed by atoms with Gasteiger partial charge in [-0.1, -0.05) is 25.7 Å². The van der Waals surface area contributed by atoms with Crippen molar-refractivity contribution in [3.63, 3.8) is 0 Å². The minimum atomic E-state index is -0.140. The molecular weight excluding hydrogens is 242 g/mol. The highest BCUT2D eigenvalue weighted by molar-refractivity contribution is 5.74. The highest BCUT2D eigenvalue weighted by atomic mass is 16.2. The lowest BCUT2D eigenvalue weighted by molar-refractivity contribution is 0.232. The van der Waals surface area contributed by atoms with Crippen LogP contribution >= 0.6 is 0 Å². The Morgan fingerprint density at radius 1 is 1.37 bits per heavy atom. The minimum Gasteiger partial charge on any atom is -0.335 e. The molecule has 2 rings (SSSR count). The smallest absolute Gasteiger partial charge is 0.315 e. The summed E-state index contributed by atoms with van der Waals surface area (Å²) in [5.74, 6) is 0.760. The van der Waals surface area contributed by atoms with Crippen LogP contribution in [-0.2, 0) is 7.05 Å². The van der Waals surface area contributed by atoms with E-state index in [0.29, 0.717) is 6.04 Å². The van der Waals surface area contributed by atoms with Gasteiger partial charge in [-0.2, -0.15) is 0 Å². The largest absolute Gasteiger partial charge is 0.335 e. The second kappa shape index (κ2) is 6.54. The molecule has 1 fully saturated rings. The predicted octanol–water partition coefficient (Wildman–Crippen LogP) is 1.90. The number of nitrogens with one attached hydrogen (secondary N) is 2. The van der Waals surface area contributed by atoms with Gasteiger partial charge >= 0.3 is 6.03 Å². The molecule has 1 aromatic rings. The Labute approximate surface area is 114 Å². The molecule has 0 bridgehead atoms. The topological polar surface area (TPSA) is 71.8 Å². The van der Waals surface area contributed by atoms with Crippen LogP contribution in [0.2, 0.25) is 0 Å². The minimum absolute atomic E-state index is 0.109. The number of aromatic nitrogens is 3. The Hall–Kier alpha value is -1.59. The highest BCUT2D eigenvalue weighted by Gasteiger charge is 2.18. The fraction of sp³-hybridized carbons (Fsp3) is 0.769. The zero-order chi connectivity index (χ0) is 13.7. The zero-order valence-electron chi connectivity index (χ0n) is 11.7. The summed E-state index contributed by atoms with van der Waals surface area (Å²) in [5, 5.41) is 13.8. The average Bonchev–Trinajstić information content (AvgIpc) is 2.63. The first-order chi connectivity index (χ1) is 9.16. The third-order valence-corrected chi connectivity index (χ3v) is 3.67. The van der Waals surface area contributed by atoms with E-state index in [1.165, 1.54) is 25.7 Å². The van der Waals surface area contributed by atoms with Crippen molar-refractivity contribution in [2.75, 3.05) is 0 Å². The monoisotopic (exact) mass is 265 g/mol. The number of carbonyl (C=O) groups excluding carboxylic acids is 1. The van der Waals surface area contributed by atoms with Gasteiger partial charge in [-0.3, -0.25) is 0 Å². The van der Waals surface area contributed by atoms with Crippen LogP contribution in [0.4, 0.5) is 4.79 Å². The van der Waals surface area contributed by atoms with E-state index in [1.54, 1.807) is 6.33 Å². The molecule has 1 aliphatic carbocycles. The van der Waals surface area contributed by atoms with E-state index < -0.39 is 0 Å². The molecule has 19 heavy (non-hydrogen) atoms. The molecule has 1 heterocycles. The number of carbonyl (C=O) groups is 1. The number of hydrogen-bond acceptors (Lipinski definition) is 3. The van der Waals surface area contributed by atoms with Crippen molar-refractivity contribution in [3.8, 4) is 0 Å². The average molecular weight is 265 g/mol. The van der Waals surface area contributed by atoms with Crippen LogP contribution in [0.15, 0.2) is 6.33 Å². The molecule has 0 unspecified atom stereocenters. The lowest BCUT2D eigenvalue weighted by Gasteiger charge is -2.19. The van der Waals surface area contributed by atoms with Crippen molar-refractivity contribution in [1.29, 1.82) is 0 Å². The first kappa shape index (κ1) is 13.8. The zero-order valence-corrected chi connectivity index (χ0v) is 11.7. The Kier molecular flexibility index (Phi) is 4.76. The maximum absolute atomic E-state index is 12.0. The molecular formula is C13H23N5O. The second-order valence-electron chi connectivity index (χ2n) is 5.33.